The predicted octanol–water partition coefficient (Wildman–Crippen LogP) is 0.487. The van der Waals surface area contributed by atoms with Crippen LogP contribution in [0.3, 0.4) is 0 Å². The van der Waals surface area contributed by atoms with Gasteiger partial charge in [0.1, 0.15) is 0 Å². The van der Waals surface area contributed by atoms with Crippen LogP contribution in [0.1, 0.15) is 13.3 Å². The molecule has 0 saturated carbocycles. The second-order valence-electron chi connectivity index (χ2n) is 4.10. The third kappa shape index (κ3) is 3.64. The molecule has 0 aromatic rings. The minimum absolute atomic E-state index is 0.127. The van der Waals surface area contributed by atoms with Crippen LogP contribution in [0, 0.1) is 0 Å². The van der Waals surface area contributed by atoms with Gasteiger partial charge in [0.15, 0.2) is 0 Å². The van der Waals surface area contributed by atoms with E-state index in [4.69, 9.17) is 11.6 Å². The molecule has 1 fully saturated rings. The number of likely N-dealkylation sites (N-methyl/N-ethyl adjacent to an activating group) is 1. The normalized spacial score (nSPS) is 21.9. The minimum atomic E-state index is -0.314. The first-order valence-electron chi connectivity index (χ1n) is 5.39. The van der Waals surface area contributed by atoms with Crippen molar-refractivity contribution in [2.24, 2.45) is 0 Å². The summed E-state index contributed by atoms with van der Waals surface area (Å²) in [5, 5.41) is 2.34. The molecule has 6 heteroatoms. The van der Waals surface area contributed by atoms with Crippen molar-refractivity contribution in [3.8, 4) is 0 Å². The molecule has 1 rings (SSSR count). The Morgan fingerprint density at radius 1 is 1.44 bits per heavy atom. The number of alkyl halides is 1. The van der Waals surface area contributed by atoms with Gasteiger partial charge in [0.25, 0.3) is 0 Å². The highest BCUT2D eigenvalue weighted by molar-refractivity contribution is 6.19. The van der Waals surface area contributed by atoms with E-state index in [2.05, 4.69) is 10.2 Å². The zero-order valence-electron chi connectivity index (χ0n) is 9.70. The predicted molar refractivity (Wildman–Crippen MR) is 62.5 cm³/mol. The summed E-state index contributed by atoms with van der Waals surface area (Å²) >= 11 is 5.42. The first-order chi connectivity index (χ1) is 7.54. The number of piperazine rings is 1. The lowest BCUT2D eigenvalue weighted by Gasteiger charge is -2.37. The van der Waals surface area contributed by atoms with Gasteiger partial charge in [0.05, 0.1) is 0 Å². The van der Waals surface area contributed by atoms with Crippen LogP contribution in [0.2, 0.25) is 0 Å². The van der Waals surface area contributed by atoms with E-state index in [0.717, 1.165) is 13.1 Å². The quantitative estimate of drug-likeness (QED) is 0.723. The molecule has 1 heterocycles. The number of rotatable bonds is 2. The van der Waals surface area contributed by atoms with Crippen molar-refractivity contribution in [2.75, 3.05) is 32.6 Å². The smallest absolute Gasteiger partial charge is 0.319 e. The number of imide groups is 1. The maximum atomic E-state index is 11.7. The van der Waals surface area contributed by atoms with E-state index in [1.807, 2.05) is 14.0 Å². The van der Waals surface area contributed by atoms with Crippen molar-refractivity contribution < 1.29 is 9.59 Å². The Hall–Kier alpha value is -0.810. The van der Waals surface area contributed by atoms with Gasteiger partial charge in [-0.3, -0.25) is 10.1 Å². The van der Waals surface area contributed by atoms with Crippen molar-refractivity contribution in [1.29, 1.82) is 0 Å². The molecule has 5 nitrogen and oxygen atoms in total. The van der Waals surface area contributed by atoms with Gasteiger partial charge in [-0.2, -0.15) is 0 Å². The Labute approximate surface area is 101 Å². The van der Waals surface area contributed by atoms with E-state index in [1.54, 1.807) is 4.90 Å². The van der Waals surface area contributed by atoms with Crippen LogP contribution in [0.15, 0.2) is 0 Å². The van der Waals surface area contributed by atoms with Crippen LogP contribution < -0.4 is 5.32 Å². The van der Waals surface area contributed by atoms with Gasteiger partial charge in [0, 0.05) is 38.0 Å². The van der Waals surface area contributed by atoms with E-state index in [0.29, 0.717) is 6.54 Å². The van der Waals surface area contributed by atoms with Crippen molar-refractivity contribution in [1.82, 2.24) is 15.1 Å². The Bertz CT molecular complexity index is 273. The molecule has 0 aromatic carbocycles. The number of carbonyl (C=O) groups is 2. The Balaban J connectivity index is 2.44. The first-order valence-corrected chi connectivity index (χ1v) is 5.93. The number of amides is 3. The molecule has 0 radical (unpaired) electrons. The molecule has 0 spiro atoms. The molecule has 0 aromatic heterocycles. The van der Waals surface area contributed by atoms with Crippen molar-refractivity contribution in [3.63, 3.8) is 0 Å². The standard InChI is InChI=1S/C10H18ClN3O2/c1-8-7-13(2)5-6-14(8)10(16)12-9(15)3-4-11/h8H,3-7H2,1-2H3,(H,12,15,16). The van der Waals surface area contributed by atoms with Gasteiger partial charge in [-0.05, 0) is 14.0 Å². The highest BCUT2D eigenvalue weighted by Crippen LogP contribution is 2.07. The minimum Gasteiger partial charge on any atom is -0.319 e. The molecular formula is C10H18ClN3O2. The van der Waals surface area contributed by atoms with Gasteiger partial charge >= 0.3 is 6.03 Å². The first kappa shape index (κ1) is 13.3. The number of carbonyl (C=O) groups excluding carboxylic acids is 2. The summed E-state index contributed by atoms with van der Waals surface area (Å²) in [6, 6.07) is -0.182. The fourth-order valence-corrected chi connectivity index (χ4v) is 1.95. The summed E-state index contributed by atoms with van der Waals surface area (Å²) in [4.78, 5) is 26.8. The Morgan fingerprint density at radius 2 is 2.12 bits per heavy atom. The highest BCUT2D eigenvalue weighted by atomic mass is 35.5. The maximum absolute atomic E-state index is 11.7. The zero-order chi connectivity index (χ0) is 12.1. The SMILES string of the molecule is CC1CN(C)CCN1C(=O)NC(=O)CCCl. The van der Waals surface area contributed by atoms with Crippen molar-refractivity contribution in [2.45, 2.75) is 19.4 Å². The highest BCUT2D eigenvalue weighted by Gasteiger charge is 2.26. The van der Waals surface area contributed by atoms with E-state index in [1.165, 1.54) is 0 Å². The molecule has 0 aliphatic carbocycles. The lowest BCUT2D eigenvalue weighted by atomic mass is 10.2. The number of urea groups is 1. The van der Waals surface area contributed by atoms with Gasteiger partial charge in [0.2, 0.25) is 5.91 Å². The number of nitrogens with one attached hydrogen (secondary N) is 1. The van der Waals surface area contributed by atoms with Gasteiger partial charge in [-0.1, -0.05) is 0 Å². The lowest BCUT2D eigenvalue weighted by Crippen LogP contribution is -2.56. The summed E-state index contributed by atoms with van der Waals surface area (Å²) in [6.45, 7) is 4.29. The third-order valence-electron chi connectivity index (χ3n) is 2.66. The molecule has 1 unspecified atom stereocenters. The molecule has 1 aliphatic heterocycles. The summed E-state index contributed by atoms with van der Waals surface area (Å²) in [6.07, 6.45) is 0.176. The van der Waals surface area contributed by atoms with Crippen LogP contribution in [-0.4, -0.2) is 60.3 Å². The summed E-state index contributed by atoms with van der Waals surface area (Å²) in [5.74, 6) is -0.0802. The molecular weight excluding hydrogens is 230 g/mol. The summed E-state index contributed by atoms with van der Waals surface area (Å²) in [5.41, 5.74) is 0. The molecule has 1 atom stereocenters. The molecule has 1 aliphatic rings. The molecule has 1 N–H and O–H groups in total. The second kappa shape index (κ2) is 6.06. The van der Waals surface area contributed by atoms with Gasteiger partial charge < -0.3 is 9.80 Å². The molecule has 92 valence electrons. The summed E-state index contributed by atoms with van der Waals surface area (Å²) in [7, 11) is 2.02. The van der Waals surface area contributed by atoms with Crippen LogP contribution in [0.25, 0.3) is 0 Å². The molecule has 16 heavy (non-hydrogen) atoms. The Kier molecular flexibility index (Phi) is 5.02. The third-order valence-corrected chi connectivity index (χ3v) is 2.85. The van der Waals surface area contributed by atoms with Gasteiger partial charge in [-0.15, -0.1) is 11.6 Å². The molecule has 1 saturated heterocycles. The van der Waals surface area contributed by atoms with Gasteiger partial charge in [-0.25, -0.2) is 4.79 Å². The number of hydrogen-bond donors (Lipinski definition) is 1. The fourth-order valence-electron chi connectivity index (χ4n) is 1.78. The lowest BCUT2D eigenvalue weighted by molar-refractivity contribution is -0.119. The molecule has 0 bridgehead atoms. The topological polar surface area (TPSA) is 52.6 Å². The monoisotopic (exact) mass is 247 g/mol. The summed E-state index contributed by atoms with van der Waals surface area (Å²) < 4.78 is 0. The largest absolute Gasteiger partial charge is 0.324 e. The number of nitrogens with zero attached hydrogens (tertiary/aromatic N) is 2. The van der Waals surface area contributed by atoms with Crippen LogP contribution in [-0.2, 0) is 4.79 Å². The van der Waals surface area contributed by atoms with E-state index in [9.17, 15) is 9.59 Å². The number of hydrogen-bond acceptors (Lipinski definition) is 3. The average Bonchev–Trinajstić information content (AvgIpc) is 2.17. The van der Waals surface area contributed by atoms with E-state index < -0.39 is 0 Å². The molecule has 3 amide bonds. The van der Waals surface area contributed by atoms with Crippen molar-refractivity contribution in [3.05, 3.63) is 0 Å². The van der Waals surface area contributed by atoms with Crippen LogP contribution in [0.5, 0.6) is 0 Å². The fraction of sp³-hybridized carbons (Fsp3) is 0.800. The zero-order valence-corrected chi connectivity index (χ0v) is 10.5. The second-order valence-corrected chi connectivity index (χ2v) is 4.47. The van der Waals surface area contributed by atoms with E-state index >= 15 is 0 Å². The maximum Gasteiger partial charge on any atom is 0.324 e. The van der Waals surface area contributed by atoms with Crippen LogP contribution >= 0.6 is 11.6 Å². The Morgan fingerprint density at radius 3 is 2.69 bits per heavy atom. The number of halogens is 1. The van der Waals surface area contributed by atoms with Crippen LogP contribution in [0.4, 0.5) is 4.79 Å². The van der Waals surface area contributed by atoms with E-state index in [-0.39, 0.29) is 30.3 Å². The van der Waals surface area contributed by atoms with Crippen molar-refractivity contribution >= 4 is 23.5 Å². The average molecular weight is 248 g/mol.